The Morgan fingerprint density at radius 3 is 2.48 bits per heavy atom. The fourth-order valence-corrected chi connectivity index (χ4v) is 3.41. The maximum atomic E-state index is 12.3. The number of anilines is 1. The lowest BCUT2D eigenvalue weighted by Gasteiger charge is -2.08. The molecule has 2 aromatic carbocycles. The molecule has 3 rings (SSSR count). The summed E-state index contributed by atoms with van der Waals surface area (Å²) in [6.45, 7) is 5.33. The van der Waals surface area contributed by atoms with Gasteiger partial charge in [0.2, 0.25) is 5.91 Å². The van der Waals surface area contributed by atoms with Crippen molar-refractivity contribution in [3.8, 4) is 17.1 Å². The van der Waals surface area contributed by atoms with Crippen LogP contribution in [0.2, 0.25) is 0 Å². The normalized spacial score (nSPS) is 10.6. The van der Waals surface area contributed by atoms with Crippen molar-refractivity contribution >= 4 is 23.4 Å². The van der Waals surface area contributed by atoms with Crippen LogP contribution in [0.3, 0.4) is 0 Å². The topological polar surface area (TPSA) is 69.0 Å². The van der Waals surface area contributed by atoms with E-state index in [0.29, 0.717) is 6.61 Å². The van der Waals surface area contributed by atoms with Crippen LogP contribution in [0.25, 0.3) is 11.4 Å². The van der Waals surface area contributed by atoms with Crippen molar-refractivity contribution in [2.45, 2.75) is 25.5 Å². The first-order chi connectivity index (χ1) is 13.2. The van der Waals surface area contributed by atoms with Gasteiger partial charge in [0.25, 0.3) is 0 Å². The lowest BCUT2D eigenvalue weighted by molar-refractivity contribution is -0.113. The van der Waals surface area contributed by atoms with Gasteiger partial charge < -0.3 is 14.6 Å². The maximum absolute atomic E-state index is 12.3. The Labute approximate surface area is 163 Å². The standard InChI is InChI=1S/C20H22N4O2S/c1-3-24-19(15-8-6-5-7-9-15)22-23-20(24)27-14-18(25)21-16-10-12-17(13-11-16)26-4-2/h5-13H,3-4,14H2,1-2H3,(H,21,25). The van der Waals surface area contributed by atoms with Crippen LogP contribution in [-0.4, -0.2) is 33.0 Å². The molecule has 0 saturated heterocycles. The average molecular weight is 382 g/mol. The summed E-state index contributed by atoms with van der Waals surface area (Å²) in [7, 11) is 0. The van der Waals surface area contributed by atoms with Gasteiger partial charge >= 0.3 is 0 Å². The van der Waals surface area contributed by atoms with Crippen LogP contribution in [0.4, 0.5) is 5.69 Å². The van der Waals surface area contributed by atoms with Gasteiger partial charge in [-0.3, -0.25) is 4.79 Å². The van der Waals surface area contributed by atoms with E-state index in [1.54, 1.807) is 0 Å². The highest BCUT2D eigenvalue weighted by atomic mass is 32.2. The molecule has 0 aliphatic carbocycles. The number of hydrogen-bond donors (Lipinski definition) is 1. The number of nitrogens with zero attached hydrogens (tertiary/aromatic N) is 3. The smallest absolute Gasteiger partial charge is 0.234 e. The van der Waals surface area contributed by atoms with Crippen molar-refractivity contribution in [3.63, 3.8) is 0 Å². The number of hydrogen-bond acceptors (Lipinski definition) is 5. The molecule has 0 aliphatic heterocycles. The first-order valence-corrected chi connectivity index (χ1v) is 9.84. The first kappa shape index (κ1) is 19.0. The molecule has 27 heavy (non-hydrogen) atoms. The Bertz CT molecular complexity index is 879. The predicted molar refractivity (Wildman–Crippen MR) is 108 cm³/mol. The van der Waals surface area contributed by atoms with Gasteiger partial charge in [-0.05, 0) is 38.1 Å². The fourth-order valence-electron chi connectivity index (χ4n) is 2.61. The summed E-state index contributed by atoms with van der Waals surface area (Å²) >= 11 is 1.38. The van der Waals surface area contributed by atoms with Gasteiger partial charge in [-0.25, -0.2) is 0 Å². The van der Waals surface area contributed by atoms with Crippen molar-refractivity contribution in [1.29, 1.82) is 0 Å². The average Bonchev–Trinajstić information content (AvgIpc) is 3.12. The summed E-state index contributed by atoms with van der Waals surface area (Å²) in [5.74, 6) is 1.78. The zero-order valence-corrected chi connectivity index (χ0v) is 16.2. The summed E-state index contributed by atoms with van der Waals surface area (Å²) in [5, 5.41) is 12.2. The van der Waals surface area contributed by atoms with E-state index in [4.69, 9.17) is 4.74 Å². The van der Waals surface area contributed by atoms with E-state index in [-0.39, 0.29) is 11.7 Å². The fraction of sp³-hybridized carbons (Fsp3) is 0.250. The number of aromatic nitrogens is 3. The van der Waals surface area contributed by atoms with Gasteiger partial charge in [-0.2, -0.15) is 0 Å². The lowest BCUT2D eigenvalue weighted by atomic mass is 10.2. The molecule has 7 heteroatoms. The third-order valence-electron chi connectivity index (χ3n) is 3.85. The molecule has 0 saturated carbocycles. The zero-order valence-electron chi connectivity index (χ0n) is 15.4. The monoisotopic (exact) mass is 382 g/mol. The number of nitrogens with one attached hydrogen (secondary N) is 1. The molecule has 1 amide bonds. The van der Waals surface area contributed by atoms with Crippen LogP contribution in [0, 0.1) is 0 Å². The third-order valence-corrected chi connectivity index (χ3v) is 4.81. The van der Waals surface area contributed by atoms with Gasteiger partial charge in [-0.15, -0.1) is 10.2 Å². The minimum Gasteiger partial charge on any atom is -0.494 e. The van der Waals surface area contributed by atoms with Crippen molar-refractivity contribution in [3.05, 3.63) is 54.6 Å². The van der Waals surface area contributed by atoms with E-state index >= 15 is 0 Å². The van der Waals surface area contributed by atoms with E-state index in [2.05, 4.69) is 15.5 Å². The van der Waals surface area contributed by atoms with Gasteiger partial charge in [0.15, 0.2) is 11.0 Å². The van der Waals surface area contributed by atoms with Gasteiger partial charge in [-0.1, -0.05) is 42.1 Å². The molecule has 1 aromatic heterocycles. The second-order valence-electron chi connectivity index (χ2n) is 5.71. The van der Waals surface area contributed by atoms with Crippen molar-refractivity contribution in [1.82, 2.24) is 14.8 Å². The first-order valence-electron chi connectivity index (χ1n) is 8.85. The highest BCUT2D eigenvalue weighted by Gasteiger charge is 2.14. The molecular formula is C20H22N4O2S. The summed E-state index contributed by atoms with van der Waals surface area (Å²) in [6.07, 6.45) is 0. The number of amides is 1. The van der Waals surface area contributed by atoms with Gasteiger partial charge in [0, 0.05) is 17.8 Å². The van der Waals surface area contributed by atoms with Crippen LogP contribution in [-0.2, 0) is 11.3 Å². The van der Waals surface area contributed by atoms with Gasteiger partial charge in [0.05, 0.1) is 12.4 Å². The Morgan fingerprint density at radius 1 is 1.07 bits per heavy atom. The van der Waals surface area contributed by atoms with E-state index in [0.717, 1.165) is 34.5 Å². The molecule has 0 spiro atoms. The lowest BCUT2D eigenvalue weighted by Crippen LogP contribution is -2.14. The second kappa shape index (κ2) is 9.23. The molecule has 0 unspecified atom stereocenters. The molecule has 6 nitrogen and oxygen atoms in total. The van der Waals surface area contributed by atoms with Crippen LogP contribution in [0.5, 0.6) is 5.75 Å². The van der Waals surface area contributed by atoms with Crippen LogP contribution < -0.4 is 10.1 Å². The molecular weight excluding hydrogens is 360 g/mol. The summed E-state index contributed by atoms with van der Waals surface area (Å²) < 4.78 is 7.42. The van der Waals surface area contributed by atoms with E-state index < -0.39 is 0 Å². The molecule has 1 heterocycles. The Hall–Kier alpha value is -2.80. The molecule has 0 aliphatic rings. The predicted octanol–water partition coefficient (Wildman–Crippen LogP) is 4.09. The molecule has 0 atom stereocenters. The van der Waals surface area contributed by atoms with Crippen LogP contribution in [0.15, 0.2) is 59.8 Å². The molecule has 0 fully saturated rings. The Morgan fingerprint density at radius 2 is 1.81 bits per heavy atom. The molecule has 140 valence electrons. The van der Waals surface area contributed by atoms with E-state index in [1.807, 2.05) is 73.0 Å². The number of thioether (sulfide) groups is 1. The molecule has 3 aromatic rings. The number of carbonyl (C=O) groups is 1. The van der Waals surface area contributed by atoms with Crippen LogP contribution >= 0.6 is 11.8 Å². The minimum absolute atomic E-state index is 0.0870. The van der Waals surface area contributed by atoms with E-state index in [9.17, 15) is 4.79 Å². The quantitative estimate of drug-likeness (QED) is 0.594. The molecule has 1 N–H and O–H groups in total. The Kier molecular flexibility index (Phi) is 6.49. The zero-order chi connectivity index (χ0) is 19.1. The summed E-state index contributed by atoms with van der Waals surface area (Å²) in [4.78, 5) is 12.3. The van der Waals surface area contributed by atoms with E-state index in [1.165, 1.54) is 11.8 Å². The highest BCUT2D eigenvalue weighted by molar-refractivity contribution is 7.99. The van der Waals surface area contributed by atoms with Gasteiger partial charge in [0.1, 0.15) is 5.75 Å². The summed E-state index contributed by atoms with van der Waals surface area (Å²) in [6, 6.07) is 17.3. The molecule has 0 radical (unpaired) electrons. The molecule has 0 bridgehead atoms. The van der Waals surface area contributed by atoms with Crippen LogP contribution in [0.1, 0.15) is 13.8 Å². The Balaban J connectivity index is 1.61. The maximum Gasteiger partial charge on any atom is 0.234 e. The number of ether oxygens (including phenoxy) is 1. The third kappa shape index (κ3) is 4.89. The second-order valence-corrected chi connectivity index (χ2v) is 6.65. The number of benzene rings is 2. The number of rotatable bonds is 8. The van der Waals surface area contributed by atoms with Crippen molar-refractivity contribution < 1.29 is 9.53 Å². The minimum atomic E-state index is -0.0870. The number of carbonyl (C=O) groups excluding carboxylic acids is 1. The van der Waals surface area contributed by atoms with Crippen molar-refractivity contribution in [2.24, 2.45) is 0 Å². The largest absolute Gasteiger partial charge is 0.494 e. The SMILES string of the molecule is CCOc1ccc(NC(=O)CSc2nnc(-c3ccccc3)n2CC)cc1. The van der Waals surface area contributed by atoms with Crippen molar-refractivity contribution in [2.75, 3.05) is 17.7 Å². The summed E-state index contributed by atoms with van der Waals surface area (Å²) in [5.41, 5.74) is 1.75. The highest BCUT2D eigenvalue weighted by Crippen LogP contribution is 2.24.